The normalized spacial score (nSPS) is 10.7. The first-order valence-corrected chi connectivity index (χ1v) is 6.43. The molecule has 21 heavy (non-hydrogen) atoms. The largest absolute Gasteiger partial charge is 0.467 e. The molecule has 108 valence electrons. The summed E-state index contributed by atoms with van der Waals surface area (Å²) in [5.41, 5.74) is 0.800. The lowest BCUT2D eigenvalue weighted by molar-refractivity contribution is -0.119. The Balaban J connectivity index is 1.61. The van der Waals surface area contributed by atoms with Gasteiger partial charge in [-0.1, -0.05) is 0 Å². The van der Waals surface area contributed by atoms with E-state index in [0.29, 0.717) is 23.9 Å². The number of carbonyl (C=O) groups excluding carboxylic acids is 1. The van der Waals surface area contributed by atoms with Gasteiger partial charge in [-0.2, -0.15) is 14.6 Å². The fourth-order valence-electron chi connectivity index (χ4n) is 1.89. The maximum absolute atomic E-state index is 11.8. The molecule has 0 aliphatic carbocycles. The van der Waals surface area contributed by atoms with Gasteiger partial charge >= 0.3 is 0 Å². The highest BCUT2D eigenvalue weighted by molar-refractivity contribution is 5.80. The van der Waals surface area contributed by atoms with E-state index >= 15 is 0 Å². The molecule has 3 heterocycles. The number of anilines is 1. The molecular formula is C13H14N6O2. The van der Waals surface area contributed by atoms with Crippen molar-refractivity contribution in [3.63, 3.8) is 0 Å². The summed E-state index contributed by atoms with van der Waals surface area (Å²) in [4.78, 5) is 20.0. The number of rotatable bonds is 5. The number of nitrogens with one attached hydrogen (secondary N) is 2. The van der Waals surface area contributed by atoms with Crippen LogP contribution in [0.25, 0.3) is 5.78 Å². The van der Waals surface area contributed by atoms with E-state index in [-0.39, 0.29) is 12.5 Å². The standard InChI is InChI=1S/C13H14N6O2/c1-9-5-11(19-13(18-9)16-8-17-19)14-7-12(20)15-6-10-3-2-4-21-10/h2-5,8,14H,6-7H2,1H3,(H,15,20). The van der Waals surface area contributed by atoms with E-state index in [1.807, 2.05) is 13.0 Å². The maximum Gasteiger partial charge on any atom is 0.254 e. The Kier molecular flexibility index (Phi) is 3.50. The second-order valence-electron chi connectivity index (χ2n) is 4.46. The molecule has 1 amide bonds. The lowest BCUT2D eigenvalue weighted by atomic mass is 10.4. The molecule has 2 N–H and O–H groups in total. The molecular weight excluding hydrogens is 272 g/mol. The second kappa shape index (κ2) is 5.61. The first-order chi connectivity index (χ1) is 10.2. The van der Waals surface area contributed by atoms with Crippen LogP contribution in [-0.4, -0.2) is 32.0 Å². The van der Waals surface area contributed by atoms with Crippen LogP contribution in [0.3, 0.4) is 0 Å². The van der Waals surface area contributed by atoms with Crippen molar-refractivity contribution < 1.29 is 9.21 Å². The first kappa shape index (κ1) is 13.1. The van der Waals surface area contributed by atoms with Gasteiger partial charge in [0, 0.05) is 11.8 Å². The number of hydrogen-bond donors (Lipinski definition) is 2. The molecule has 0 bridgehead atoms. The minimum absolute atomic E-state index is 0.124. The lowest BCUT2D eigenvalue weighted by Gasteiger charge is -2.08. The Morgan fingerprint density at radius 1 is 1.48 bits per heavy atom. The molecule has 3 rings (SSSR count). The molecule has 8 nitrogen and oxygen atoms in total. The molecule has 0 unspecified atom stereocenters. The SMILES string of the molecule is Cc1cc(NCC(=O)NCc2ccco2)n2ncnc2n1. The van der Waals surface area contributed by atoms with Gasteiger partial charge in [-0.25, -0.2) is 4.98 Å². The van der Waals surface area contributed by atoms with Gasteiger partial charge in [0.15, 0.2) is 0 Å². The second-order valence-corrected chi connectivity index (χ2v) is 4.46. The summed E-state index contributed by atoms with van der Waals surface area (Å²) < 4.78 is 6.69. The van der Waals surface area contributed by atoms with Crippen LogP contribution in [-0.2, 0) is 11.3 Å². The van der Waals surface area contributed by atoms with Gasteiger partial charge < -0.3 is 15.1 Å². The van der Waals surface area contributed by atoms with E-state index in [2.05, 4.69) is 25.7 Å². The maximum atomic E-state index is 11.8. The topological polar surface area (TPSA) is 97.4 Å². The summed E-state index contributed by atoms with van der Waals surface area (Å²) in [6.45, 7) is 2.34. The number of nitrogens with zero attached hydrogens (tertiary/aromatic N) is 4. The molecule has 0 aromatic carbocycles. The van der Waals surface area contributed by atoms with Gasteiger partial charge in [-0.15, -0.1) is 0 Å². The minimum Gasteiger partial charge on any atom is -0.467 e. The summed E-state index contributed by atoms with van der Waals surface area (Å²) in [6.07, 6.45) is 2.99. The first-order valence-electron chi connectivity index (χ1n) is 6.43. The van der Waals surface area contributed by atoms with Crippen LogP contribution in [0.2, 0.25) is 0 Å². The number of furan rings is 1. The van der Waals surface area contributed by atoms with Crippen molar-refractivity contribution in [2.45, 2.75) is 13.5 Å². The summed E-state index contributed by atoms with van der Waals surface area (Å²) in [6, 6.07) is 5.39. The van der Waals surface area contributed by atoms with Gasteiger partial charge in [0.2, 0.25) is 5.91 Å². The minimum atomic E-state index is -0.144. The predicted octanol–water partition coefficient (Wildman–Crippen LogP) is 0.754. The third kappa shape index (κ3) is 2.99. The Bertz CT molecular complexity index is 749. The monoisotopic (exact) mass is 286 g/mol. The number of aromatic nitrogens is 4. The van der Waals surface area contributed by atoms with Gasteiger partial charge in [0.05, 0.1) is 19.4 Å². The van der Waals surface area contributed by atoms with Gasteiger partial charge in [0.25, 0.3) is 5.78 Å². The summed E-state index contributed by atoms with van der Waals surface area (Å²) in [7, 11) is 0. The summed E-state index contributed by atoms with van der Waals surface area (Å²) >= 11 is 0. The zero-order valence-corrected chi connectivity index (χ0v) is 11.4. The molecule has 8 heteroatoms. The summed E-state index contributed by atoms with van der Waals surface area (Å²) in [5.74, 6) is 1.73. The van der Waals surface area contributed by atoms with Crippen LogP contribution < -0.4 is 10.6 Å². The molecule has 0 atom stereocenters. The van der Waals surface area contributed by atoms with E-state index in [1.165, 1.54) is 6.33 Å². The van der Waals surface area contributed by atoms with Gasteiger partial charge in [-0.3, -0.25) is 4.79 Å². The molecule has 0 aliphatic heterocycles. The summed E-state index contributed by atoms with van der Waals surface area (Å²) in [5, 5.41) is 9.84. The quantitative estimate of drug-likeness (QED) is 0.718. The molecule has 3 aromatic rings. The highest BCUT2D eigenvalue weighted by atomic mass is 16.3. The fraction of sp³-hybridized carbons (Fsp3) is 0.231. The van der Waals surface area contributed by atoms with Crippen LogP contribution in [0.4, 0.5) is 5.82 Å². The lowest BCUT2D eigenvalue weighted by Crippen LogP contribution is -2.29. The number of aryl methyl sites for hydroxylation is 1. The van der Waals surface area contributed by atoms with Crippen LogP contribution >= 0.6 is 0 Å². The van der Waals surface area contributed by atoms with Crippen LogP contribution in [0.1, 0.15) is 11.5 Å². The average molecular weight is 286 g/mol. The zero-order valence-electron chi connectivity index (χ0n) is 11.4. The average Bonchev–Trinajstić information content (AvgIpc) is 3.13. The van der Waals surface area contributed by atoms with E-state index in [4.69, 9.17) is 4.42 Å². The molecule has 3 aromatic heterocycles. The molecule has 0 fully saturated rings. The molecule has 0 radical (unpaired) electrons. The third-order valence-electron chi connectivity index (χ3n) is 2.85. The van der Waals surface area contributed by atoms with E-state index < -0.39 is 0 Å². The third-order valence-corrected chi connectivity index (χ3v) is 2.85. The Morgan fingerprint density at radius 3 is 3.19 bits per heavy atom. The zero-order chi connectivity index (χ0) is 14.7. The number of hydrogen-bond acceptors (Lipinski definition) is 6. The molecule has 0 saturated heterocycles. The molecule has 0 aliphatic rings. The van der Waals surface area contributed by atoms with Gasteiger partial charge in [-0.05, 0) is 19.1 Å². The van der Waals surface area contributed by atoms with Crippen molar-refractivity contribution >= 4 is 17.5 Å². The van der Waals surface area contributed by atoms with E-state index in [9.17, 15) is 4.79 Å². The van der Waals surface area contributed by atoms with Crippen molar-refractivity contribution in [1.82, 2.24) is 24.9 Å². The molecule has 0 spiro atoms. The Hall–Kier alpha value is -2.90. The van der Waals surface area contributed by atoms with Crippen LogP contribution in [0, 0.1) is 6.92 Å². The number of carbonyl (C=O) groups is 1. The smallest absolute Gasteiger partial charge is 0.254 e. The fourth-order valence-corrected chi connectivity index (χ4v) is 1.89. The number of fused-ring (bicyclic) bond motifs is 1. The Labute approximate surface area is 120 Å². The van der Waals surface area contributed by atoms with Crippen molar-refractivity contribution in [3.05, 3.63) is 42.2 Å². The Morgan fingerprint density at radius 2 is 2.38 bits per heavy atom. The van der Waals surface area contributed by atoms with E-state index in [0.717, 1.165) is 5.69 Å². The van der Waals surface area contributed by atoms with Crippen molar-refractivity contribution in [2.24, 2.45) is 0 Å². The highest BCUT2D eigenvalue weighted by Crippen LogP contribution is 2.09. The van der Waals surface area contributed by atoms with Crippen LogP contribution in [0.15, 0.2) is 35.2 Å². The predicted molar refractivity (Wildman–Crippen MR) is 74.6 cm³/mol. The molecule has 0 saturated carbocycles. The van der Waals surface area contributed by atoms with Crippen molar-refractivity contribution in [2.75, 3.05) is 11.9 Å². The van der Waals surface area contributed by atoms with Crippen molar-refractivity contribution in [1.29, 1.82) is 0 Å². The van der Waals surface area contributed by atoms with Crippen LogP contribution in [0.5, 0.6) is 0 Å². The number of amides is 1. The van der Waals surface area contributed by atoms with Crippen molar-refractivity contribution in [3.8, 4) is 0 Å². The highest BCUT2D eigenvalue weighted by Gasteiger charge is 2.07. The van der Waals surface area contributed by atoms with E-state index in [1.54, 1.807) is 22.9 Å². The van der Waals surface area contributed by atoms with Gasteiger partial charge in [0.1, 0.15) is 17.9 Å².